The zero-order chi connectivity index (χ0) is 15.5. The summed E-state index contributed by atoms with van der Waals surface area (Å²) in [5, 5.41) is 0.594. The zero-order valence-corrected chi connectivity index (χ0v) is 12.6. The first-order valence-electron chi connectivity index (χ1n) is 7.05. The van der Waals surface area contributed by atoms with Crippen LogP contribution in [0, 0.1) is 5.82 Å². The highest BCUT2D eigenvalue weighted by atomic mass is 35.5. The summed E-state index contributed by atoms with van der Waals surface area (Å²) in [6.07, 6.45) is 3.30. The Bertz CT molecular complexity index is 687. The maximum Gasteiger partial charge on any atom is 0.256 e. The number of hydrogen-bond acceptors (Lipinski definition) is 3. The van der Waals surface area contributed by atoms with Gasteiger partial charge in [-0.05, 0) is 18.2 Å². The number of carbonyl (C=O) groups is 1. The molecule has 1 aliphatic heterocycles. The van der Waals surface area contributed by atoms with Crippen LogP contribution in [0.5, 0.6) is 0 Å². The van der Waals surface area contributed by atoms with Gasteiger partial charge in [-0.1, -0.05) is 23.7 Å². The number of pyridine rings is 1. The maximum atomic E-state index is 13.7. The van der Waals surface area contributed by atoms with Crippen LogP contribution in [0.15, 0.2) is 42.7 Å². The van der Waals surface area contributed by atoms with Gasteiger partial charge in [0.25, 0.3) is 5.91 Å². The third-order valence-corrected chi connectivity index (χ3v) is 4.05. The molecule has 4 nitrogen and oxygen atoms in total. The van der Waals surface area contributed by atoms with Gasteiger partial charge in [-0.3, -0.25) is 9.78 Å². The molecule has 22 heavy (non-hydrogen) atoms. The Morgan fingerprint density at radius 3 is 2.55 bits per heavy atom. The number of nitrogens with zero attached hydrogens (tertiary/aromatic N) is 3. The fourth-order valence-corrected chi connectivity index (χ4v) is 2.82. The van der Waals surface area contributed by atoms with Crippen LogP contribution in [-0.2, 0) is 0 Å². The molecular formula is C16H15ClFN3O. The van der Waals surface area contributed by atoms with Crippen LogP contribution in [0.4, 0.5) is 10.1 Å². The molecule has 0 spiro atoms. The van der Waals surface area contributed by atoms with Gasteiger partial charge in [0, 0.05) is 38.6 Å². The van der Waals surface area contributed by atoms with E-state index in [1.54, 1.807) is 29.4 Å². The Morgan fingerprint density at radius 1 is 1.14 bits per heavy atom. The summed E-state index contributed by atoms with van der Waals surface area (Å²) in [4.78, 5) is 20.1. The smallest absolute Gasteiger partial charge is 0.256 e. The molecule has 1 aliphatic rings. The highest BCUT2D eigenvalue weighted by Gasteiger charge is 2.24. The Labute approximate surface area is 133 Å². The van der Waals surface area contributed by atoms with Crippen molar-refractivity contribution in [2.75, 3.05) is 31.1 Å². The number of amides is 1. The van der Waals surface area contributed by atoms with Gasteiger partial charge in [0.05, 0.1) is 16.3 Å². The first-order valence-corrected chi connectivity index (χ1v) is 7.43. The summed E-state index contributed by atoms with van der Waals surface area (Å²) < 4.78 is 13.7. The molecule has 1 amide bonds. The third-order valence-electron chi connectivity index (χ3n) is 3.76. The van der Waals surface area contributed by atoms with E-state index >= 15 is 0 Å². The zero-order valence-electron chi connectivity index (χ0n) is 11.9. The summed E-state index contributed by atoms with van der Waals surface area (Å²) in [5.41, 5.74) is 1.03. The molecule has 114 valence electrons. The lowest BCUT2D eigenvalue weighted by atomic mass is 10.1. The monoisotopic (exact) mass is 319 g/mol. The number of benzene rings is 1. The number of rotatable bonds is 2. The van der Waals surface area contributed by atoms with Crippen molar-refractivity contribution >= 4 is 23.2 Å². The lowest BCUT2D eigenvalue weighted by Gasteiger charge is -2.36. The van der Waals surface area contributed by atoms with Crippen LogP contribution < -0.4 is 4.90 Å². The molecule has 1 aromatic carbocycles. The van der Waals surface area contributed by atoms with Crippen molar-refractivity contribution < 1.29 is 9.18 Å². The molecule has 0 atom stereocenters. The summed E-state index contributed by atoms with van der Waals surface area (Å²) in [6.45, 7) is 2.38. The predicted octanol–water partition coefficient (Wildman–Crippen LogP) is 2.84. The van der Waals surface area contributed by atoms with Crippen molar-refractivity contribution in [2.45, 2.75) is 0 Å². The Balaban J connectivity index is 1.68. The van der Waals surface area contributed by atoms with Crippen LogP contribution in [-0.4, -0.2) is 42.0 Å². The number of piperazine rings is 1. The van der Waals surface area contributed by atoms with E-state index < -0.39 is 5.82 Å². The quantitative estimate of drug-likeness (QED) is 0.854. The molecule has 6 heteroatoms. The van der Waals surface area contributed by atoms with E-state index in [4.69, 9.17) is 11.6 Å². The van der Waals surface area contributed by atoms with Gasteiger partial charge in [0.1, 0.15) is 5.82 Å². The predicted molar refractivity (Wildman–Crippen MR) is 83.8 cm³/mol. The molecule has 1 aromatic heterocycles. The van der Waals surface area contributed by atoms with Gasteiger partial charge < -0.3 is 9.80 Å². The Hall–Kier alpha value is -2.14. The SMILES string of the molecule is O=C(c1ccccc1F)N1CCN(c2ccncc2Cl)CC1. The van der Waals surface area contributed by atoms with Crippen LogP contribution in [0.2, 0.25) is 5.02 Å². The minimum Gasteiger partial charge on any atom is -0.367 e. The number of hydrogen-bond donors (Lipinski definition) is 0. The molecule has 0 radical (unpaired) electrons. The van der Waals surface area contributed by atoms with Crippen molar-refractivity contribution in [2.24, 2.45) is 0 Å². The van der Waals surface area contributed by atoms with Crippen molar-refractivity contribution in [3.05, 3.63) is 59.1 Å². The number of carbonyl (C=O) groups excluding carboxylic acids is 1. The van der Waals surface area contributed by atoms with E-state index in [-0.39, 0.29) is 11.5 Å². The molecule has 1 saturated heterocycles. The molecule has 0 saturated carbocycles. The van der Waals surface area contributed by atoms with Crippen LogP contribution in [0.1, 0.15) is 10.4 Å². The number of halogens is 2. The van der Waals surface area contributed by atoms with Crippen molar-refractivity contribution in [1.29, 1.82) is 0 Å². The lowest BCUT2D eigenvalue weighted by Crippen LogP contribution is -2.49. The highest BCUT2D eigenvalue weighted by Crippen LogP contribution is 2.25. The van der Waals surface area contributed by atoms with E-state index in [0.29, 0.717) is 31.2 Å². The normalized spacial score (nSPS) is 15.0. The molecular weight excluding hydrogens is 305 g/mol. The molecule has 0 N–H and O–H groups in total. The first kappa shape index (κ1) is 14.8. The van der Waals surface area contributed by atoms with E-state index in [9.17, 15) is 9.18 Å². The summed E-state index contributed by atoms with van der Waals surface area (Å²) in [6, 6.07) is 7.93. The molecule has 1 fully saturated rings. The number of anilines is 1. The molecule has 0 aliphatic carbocycles. The largest absolute Gasteiger partial charge is 0.367 e. The van der Waals surface area contributed by atoms with Crippen molar-refractivity contribution in [1.82, 2.24) is 9.88 Å². The minimum absolute atomic E-state index is 0.123. The van der Waals surface area contributed by atoms with Crippen LogP contribution in [0.3, 0.4) is 0 Å². The van der Waals surface area contributed by atoms with E-state index in [1.807, 2.05) is 6.07 Å². The second kappa shape index (κ2) is 6.32. The third kappa shape index (κ3) is 2.90. The molecule has 3 rings (SSSR count). The molecule has 2 aromatic rings. The fourth-order valence-electron chi connectivity index (χ4n) is 2.58. The highest BCUT2D eigenvalue weighted by molar-refractivity contribution is 6.33. The Morgan fingerprint density at radius 2 is 1.86 bits per heavy atom. The molecule has 0 unspecified atom stereocenters. The summed E-state index contributed by atoms with van der Waals surface area (Å²) in [5.74, 6) is -0.745. The van der Waals surface area contributed by atoms with E-state index in [2.05, 4.69) is 9.88 Å². The fraction of sp³-hybridized carbons (Fsp3) is 0.250. The average molecular weight is 320 g/mol. The standard InChI is InChI=1S/C16H15ClFN3O/c17-13-11-19-6-5-15(13)20-7-9-21(10-8-20)16(22)12-3-1-2-4-14(12)18/h1-6,11H,7-10H2. The lowest BCUT2D eigenvalue weighted by molar-refractivity contribution is 0.0742. The van der Waals surface area contributed by atoms with Gasteiger partial charge >= 0.3 is 0 Å². The van der Waals surface area contributed by atoms with Crippen molar-refractivity contribution in [3.8, 4) is 0 Å². The van der Waals surface area contributed by atoms with Gasteiger partial charge in [-0.2, -0.15) is 0 Å². The molecule has 0 bridgehead atoms. The number of aromatic nitrogens is 1. The minimum atomic E-state index is -0.480. The Kier molecular flexibility index (Phi) is 4.24. The second-order valence-electron chi connectivity index (χ2n) is 5.09. The average Bonchev–Trinajstić information content (AvgIpc) is 2.55. The maximum absolute atomic E-state index is 13.7. The molecule has 2 heterocycles. The van der Waals surface area contributed by atoms with Gasteiger partial charge in [-0.15, -0.1) is 0 Å². The van der Waals surface area contributed by atoms with E-state index in [0.717, 1.165) is 5.69 Å². The van der Waals surface area contributed by atoms with Crippen LogP contribution >= 0.6 is 11.6 Å². The van der Waals surface area contributed by atoms with Gasteiger partial charge in [-0.25, -0.2) is 4.39 Å². The second-order valence-corrected chi connectivity index (χ2v) is 5.49. The first-order chi connectivity index (χ1) is 10.7. The van der Waals surface area contributed by atoms with Crippen molar-refractivity contribution in [3.63, 3.8) is 0 Å². The van der Waals surface area contributed by atoms with Gasteiger partial charge in [0.15, 0.2) is 0 Å². The van der Waals surface area contributed by atoms with E-state index in [1.165, 1.54) is 12.1 Å². The van der Waals surface area contributed by atoms with Crippen LogP contribution in [0.25, 0.3) is 0 Å². The van der Waals surface area contributed by atoms with Gasteiger partial charge in [0.2, 0.25) is 0 Å². The topological polar surface area (TPSA) is 36.4 Å². The summed E-state index contributed by atoms with van der Waals surface area (Å²) >= 11 is 6.14. The summed E-state index contributed by atoms with van der Waals surface area (Å²) in [7, 11) is 0.